The number of rotatable bonds is 5. The second kappa shape index (κ2) is 5.45. The Hall–Kier alpha value is -1.80. The maximum absolute atomic E-state index is 9.11. The van der Waals surface area contributed by atoms with Gasteiger partial charge in [0.25, 0.3) is 0 Å². The molecule has 0 atom stereocenters. The number of anilines is 1. The summed E-state index contributed by atoms with van der Waals surface area (Å²) in [6.45, 7) is 0.908. The van der Waals surface area contributed by atoms with E-state index in [4.69, 9.17) is 5.11 Å². The van der Waals surface area contributed by atoms with E-state index in [9.17, 15) is 0 Å². The quantitative estimate of drug-likeness (QED) is 0.852. The smallest absolute Gasteiger partial charge is 0.0682 e. The number of aliphatic hydroxyl groups is 1. The molecule has 0 unspecified atom stereocenters. The summed E-state index contributed by atoms with van der Waals surface area (Å²) in [6.07, 6.45) is 2.71. The van der Waals surface area contributed by atoms with Crippen LogP contribution in [0, 0.1) is 0 Å². The van der Waals surface area contributed by atoms with Crippen LogP contribution in [0.15, 0.2) is 48.5 Å². The lowest BCUT2D eigenvalue weighted by atomic mass is 10.1. The Kier molecular flexibility index (Phi) is 3.51. The van der Waals surface area contributed by atoms with Crippen molar-refractivity contribution in [2.75, 3.05) is 5.32 Å². The average Bonchev–Trinajstić information content (AvgIpc) is 3.31. The van der Waals surface area contributed by atoms with E-state index >= 15 is 0 Å². The summed E-state index contributed by atoms with van der Waals surface area (Å²) in [6, 6.07) is 16.8. The molecule has 1 aliphatic carbocycles. The Morgan fingerprint density at radius 2 is 1.79 bits per heavy atom. The second-order valence-corrected chi connectivity index (χ2v) is 5.23. The third-order valence-electron chi connectivity index (χ3n) is 3.63. The van der Waals surface area contributed by atoms with Crippen LogP contribution in [-0.2, 0) is 13.2 Å². The number of nitrogens with one attached hydrogen (secondary N) is 1. The van der Waals surface area contributed by atoms with Crippen molar-refractivity contribution in [2.45, 2.75) is 31.9 Å². The number of aliphatic hydroxyl groups excluding tert-OH is 1. The molecule has 2 aromatic rings. The van der Waals surface area contributed by atoms with Gasteiger partial charge in [0.05, 0.1) is 6.61 Å². The largest absolute Gasteiger partial charge is 0.392 e. The van der Waals surface area contributed by atoms with Crippen molar-refractivity contribution in [1.82, 2.24) is 0 Å². The van der Waals surface area contributed by atoms with Crippen LogP contribution in [0.1, 0.15) is 35.4 Å². The molecule has 2 heteroatoms. The van der Waals surface area contributed by atoms with Crippen molar-refractivity contribution in [3.63, 3.8) is 0 Å². The van der Waals surface area contributed by atoms with Gasteiger partial charge in [0, 0.05) is 12.2 Å². The highest BCUT2D eigenvalue weighted by Gasteiger charge is 2.22. The molecule has 0 spiro atoms. The zero-order valence-electron chi connectivity index (χ0n) is 11.0. The highest BCUT2D eigenvalue weighted by atomic mass is 16.3. The fourth-order valence-corrected chi connectivity index (χ4v) is 2.31. The number of hydrogen-bond donors (Lipinski definition) is 2. The summed E-state index contributed by atoms with van der Waals surface area (Å²) in [4.78, 5) is 0. The van der Waals surface area contributed by atoms with Crippen molar-refractivity contribution in [1.29, 1.82) is 0 Å². The third kappa shape index (κ3) is 3.15. The third-order valence-corrected chi connectivity index (χ3v) is 3.63. The topological polar surface area (TPSA) is 32.3 Å². The molecule has 2 N–H and O–H groups in total. The first kappa shape index (κ1) is 12.2. The molecular weight excluding hydrogens is 234 g/mol. The SMILES string of the molecule is OCc1cccc(NCc2ccc(C3CC3)cc2)c1. The number of benzene rings is 2. The summed E-state index contributed by atoms with van der Waals surface area (Å²) in [5.41, 5.74) is 4.76. The van der Waals surface area contributed by atoms with Crippen molar-refractivity contribution in [2.24, 2.45) is 0 Å². The first-order chi connectivity index (χ1) is 9.35. The Bertz CT molecular complexity index is 543. The van der Waals surface area contributed by atoms with Gasteiger partial charge in [-0.15, -0.1) is 0 Å². The van der Waals surface area contributed by atoms with Crippen LogP contribution in [0.25, 0.3) is 0 Å². The van der Waals surface area contributed by atoms with Crippen LogP contribution < -0.4 is 5.32 Å². The summed E-state index contributed by atoms with van der Waals surface area (Å²) in [7, 11) is 0. The molecule has 2 aromatic carbocycles. The van der Waals surface area contributed by atoms with Gasteiger partial charge in [0.2, 0.25) is 0 Å². The zero-order chi connectivity index (χ0) is 13.1. The summed E-state index contributed by atoms with van der Waals surface area (Å²) >= 11 is 0. The standard InChI is InChI=1S/C17H19NO/c19-12-14-2-1-3-17(10-14)18-11-13-4-6-15(7-5-13)16-8-9-16/h1-7,10,16,18-19H,8-9,11-12H2. The zero-order valence-corrected chi connectivity index (χ0v) is 11.0. The Morgan fingerprint density at radius 1 is 1.00 bits per heavy atom. The molecule has 3 rings (SSSR count). The van der Waals surface area contributed by atoms with Crippen LogP contribution in [0.5, 0.6) is 0 Å². The molecule has 19 heavy (non-hydrogen) atoms. The van der Waals surface area contributed by atoms with Gasteiger partial charge >= 0.3 is 0 Å². The maximum Gasteiger partial charge on any atom is 0.0682 e. The number of hydrogen-bond acceptors (Lipinski definition) is 2. The molecule has 0 heterocycles. The first-order valence-corrected chi connectivity index (χ1v) is 6.87. The van der Waals surface area contributed by atoms with Gasteiger partial charge < -0.3 is 10.4 Å². The van der Waals surface area contributed by atoms with E-state index in [2.05, 4.69) is 29.6 Å². The van der Waals surface area contributed by atoms with Crippen molar-refractivity contribution < 1.29 is 5.11 Å². The summed E-state index contributed by atoms with van der Waals surface area (Å²) in [5, 5.41) is 12.5. The molecule has 2 nitrogen and oxygen atoms in total. The molecular formula is C17H19NO. The van der Waals surface area contributed by atoms with Crippen molar-refractivity contribution >= 4 is 5.69 Å². The van der Waals surface area contributed by atoms with Crippen LogP contribution >= 0.6 is 0 Å². The van der Waals surface area contributed by atoms with E-state index in [-0.39, 0.29) is 6.61 Å². The monoisotopic (exact) mass is 253 g/mol. The molecule has 1 aliphatic rings. The van der Waals surface area contributed by atoms with E-state index < -0.39 is 0 Å². The van der Waals surface area contributed by atoms with Crippen LogP contribution in [-0.4, -0.2) is 5.11 Å². The predicted octanol–water partition coefficient (Wildman–Crippen LogP) is 3.67. The molecule has 0 aliphatic heterocycles. The molecule has 98 valence electrons. The van der Waals surface area contributed by atoms with Gasteiger partial charge in [-0.05, 0) is 47.6 Å². The van der Waals surface area contributed by atoms with Gasteiger partial charge in [-0.2, -0.15) is 0 Å². The highest BCUT2D eigenvalue weighted by molar-refractivity contribution is 5.46. The second-order valence-electron chi connectivity index (χ2n) is 5.23. The summed E-state index contributed by atoms with van der Waals surface area (Å²) < 4.78 is 0. The van der Waals surface area contributed by atoms with Gasteiger partial charge in [-0.25, -0.2) is 0 Å². The Balaban J connectivity index is 1.61. The minimum atomic E-state index is 0.0889. The molecule has 0 radical (unpaired) electrons. The molecule has 0 amide bonds. The highest BCUT2D eigenvalue weighted by Crippen LogP contribution is 2.39. The summed E-state index contributed by atoms with van der Waals surface area (Å²) in [5.74, 6) is 0.822. The lowest BCUT2D eigenvalue weighted by molar-refractivity contribution is 0.282. The lowest BCUT2D eigenvalue weighted by Crippen LogP contribution is -2.00. The van der Waals surface area contributed by atoms with Crippen LogP contribution in [0.2, 0.25) is 0 Å². The van der Waals surface area contributed by atoms with Crippen molar-refractivity contribution in [3.05, 3.63) is 65.2 Å². The molecule has 0 bridgehead atoms. The van der Waals surface area contributed by atoms with E-state index in [1.807, 2.05) is 24.3 Å². The minimum absolute atomic E-state index is 0.0889. The van der Waals surface area contributed by atoms with E-state index in [1.165, 1.54) is 24.0 Å². The Labute approximate surface area is 114 Å². The van der Waals surface area contributed by atoms with E-state index in [0.29, 0.717) is 0 Å². The first-order valence-electron chi connectivity index (χ1n) is 6.87. The molecule has 0 aromatic heterocycles. The van der Waals surface area contributed by atoms with Crippen LogP contribution in [0.4, 0.5) is 5.69 Å². The minimum Gasteiger partial charge on any atom is -0.392 e. The predicted molar refractivity (Wildman–Crippen MR) is 78.1 cm³/mol. The normalized spacial score (nSPS) is 14.4. The fourth-order valence-electron chi connectivity index (χ4n) is 2.31. The van der Waals surface area contributed by atoms with Gasteiger partial charge in [-0.1, -0.05) is 36.4 Å². The lowest BCUT2D eigenvalue weighted by Gasteiger charge is -2.08. The maximum atomic E-state index is 9.11. The van der Waals surface area contributed by atoms with E-state index in [0.717, 1.165) is 23.7 Å². The molecule has 1 saturated carbocycles. The Morgan fingerprint density at radius 3 is 2.47 bits per heavy atom. The average molecular weight is 253 g/mol. The van der Waals surface area contributed by atoms with Crippen LogP contribution in [0.3, 0.4) is 0 Å². The van der Waals surface area contributed by atoms with Gasteiger partial charge in [0.15, 0.2) is 0 Å². The molecule has 1 fully saturated rings. The van der Waals surface area contributed by atoms with Gasteiger partial charge in [-0.3, -0.25) is 0 Å². The fraction of sp³-hybridized carbons (Fsp3) is 0.294. The van der Waals surface area contributed by atoms with E-state index in [1.54, 1.807) is 0 Å². The molecule has 0 saturated heterocycles. The van der Waals surface area contributed by atoms with Gasteiger partial charge in [0.1, 0.15) is 0 Å². The van der Waals surface area contributed by atoms with Crippen molar-refractivity contribution in [3.8, 4) is 0 Å².